The van der Waals surface area contributed by atoms with E-state index in [9.17, 15) is 14.7 Å². The van der Waals surface area contributed by atoms with Gasteiger partial charge in [-0.1, -0.05) is 11.0 Å². The number of rotatable bonds is 5. The van der Waals surface area contributed by atoms with Crippen LogP contribution >= 0.6 is 0 Å². The normalized spacial score (nSPS) is 15.5. The second-order valence-corrected chi connectivity index (χ2v) is 4.18. The molecular weight excluding hydrogens is 294 g/mol. The topological polar surface area (TPSA) is 169 Å². The van der Waals surface area contributed by atoms with Crippen LogP contribution in [0.25, 0.3) is 0 Å². The minimum atomic E-state index is -1.91. The summed E-state index contributed by atoms with van der Waals surface area (Å²) in [5.41, 5.74) is 6.91. The lowest BCUT2D eigenvalue weighted by atomic mass is 10.1. The van der Waals surface area contributed by atoms with Crippen molar-refractivity contribution in [2.45, 2.75) is 25.0 Å². The molecule has 122 valence electrons. The third kappa shape index (κ3) is 5.23. The predicted octanol–water partition coefficient (Wildman–Crippen LogP) is -3.46. The molecule has 1 aromatic heterocycles. The van der Waals surface area contributed by atoms with Gasteiger partial charge in [0.1, 0.15) is 6.23 Å². The van der Waals surface area contributed by atoms with Crippen molar-refractivity contribution in [3.63, 3.8) is 0 Å². The lowest BCUT2D eigenvalue weighted by Crippen LogP contribution is -2.57. The van der Waals surface area contributed by atoms with Crippen LogP contribution in [0, 0.1) is 12.3 Å². The van der Waals surface area contributed by atoms with Crippen LogP contribution in [0.2, 0.25) is 0 Å². The third-order valence-corrected chi connectivity index (χ3v) is 2.50. The van der Waals surface area contributed by atoms with E-state index < -0.39 is 35.9 Å². The van der Waals surface area contributed by atoms with E-state index in [-0.39, 0.29) is 0 Å². The largest absolute Gasteiger partial charge is 0.392 e. The Bertz CT molecular complexity index is 634. The Labute approximate surface area is 126 Å². The quantitative estimate of drug-likeness (QED) is 0.215. The second kappa shape index (κ2) is 8.85. The molecule has 1 aromatic rings. The molecule has 1 rings (SSSR count). The predicted molar refractivity (Wildman–Crippen MR) is 76.2 cm³/mol. The smallest absolute Gasteiger partial charge is 0.330 e. The standard InChI is InChI=1S/C11H15N3O5.CH4N2/c1-3-8(16)11(12,6-15)19-7(2)14-5-4-9(17)13-10(14)18;1-3-2/h1,4-5,7-8,15-16H,6,12H2,2H3,(H,13,17,18);2H,1H3/p+1/t7-,8+,11-;/m1./s1. The Hall–Kier alpha value is -2.32. The first-order valence-corrected chi connectivity index (χ1v) is 6.08. The highest BCUT2D eigenvalue weighted by Crippen LogP contribution is 2.16. The molecule has 3 atom stereocenters. The van der Waals surface area contributed by atoms with Crippen LogP contribution in [0.1, 0.15) is 13.2 Å². The summed E-state index contributed by atoms with van der Waals surface area (Å²) in [6.45, 7) is 0.695. The van der Waals surface area contributed by atoms with E-state index in [1.165, 1.54) is 20.2 Å². The van der Waals surface area contributed by atoms with Crippen molar-refractivity contribution in [3.8, 4) is 12.3 Å². The number of hydrogen-bond donors (Lipinski definition) is 5. The van der Waals surface area contributed by atoms with Gasteiger partial charge in [0.25, 0.3) is 5.56 Å². The van der Waals surface area contributed by atoms with Crippen molar-refractivity contribution in [1.82, 2.24) is 9.55 Å². The minimum absolute atomic E-state index is 0.557. The van der Waals surface area contributed by atoms with Gasteiger partial charge in [-0.25, -0.2) is 4.79 Å². The number of nitrogens with two attached hydrogens (primary N) is 2. The van der Waals surface area contributed by atoms with Crippen LogP contribution in [-0.4, -0.2) is 45.2 Å². The van der Waals surface area contributed by atoms with Gasteiger partial charge in [0.15, 0.2) is 11.8 Å². The van der Waals surface area contributed by atoms with Gasteiger partial charge in [-0.15, -0.1) is 6.42 Å². The van der Waals surface area contributed by atoms with E-state index in [2.05, 4.69) is 10.6 Å². The Morgan fingerprint density at radius 3 is 2.64 bits per heavy atom. The monoisotopic (exact) mass is 314 g/mol. The number of terminal acetylenes is 1. The number of aliphatic hydroxyl groups excluding tert-OH is 2. The van der Waals surface area contributed by atoms with Gasteiger partial charge in [-0.2, -0.15) is 5.53 Å². The van der Waals surface area contributed by atoms with Crippen LogP contribution in [0.4, 0.5) is 0 Å². The Morgan fingerprint density at radius 2 is 2.23 bits per heavy atom. The third-order valence-electron chi connectivity index (χ3n) is 2.50. The number of H-pyrrole nitrogens is 1. The van der Waals surface area contributed by atoms with Crippen molar-refractivity contribution in [2.75, 3.05) is 13.7 Å². The number of nitrogens with one attached hydrogen (secondary N) is 1. The van der Waals surface area contributed by atoms with Gasteiger partial charge in [0.2, 0.25) is 0 Å². The molecule has 7 N–H and O–H groups in total. The first-order chi connectivity index (χ1) is 10.2. The maximum Gasteiger partial charge on any atom is 0.330 e. The number of nitrogens with zero attached hydrogens (tertiary/aromatic N) is 2. The average Bonchev–Trinajstić information content (AvgIpc) is 2.46. The fraction of sp³-hybridized carbons (Fsp3) is 0.500. The highest BCUT2D eigenvalue weighted by molar-refractivity contribution is 5.03. The summed E-state index contributed by atoms with van der Waals surface area (Å²) < 4.78 is 6.25. The number of aromatic nitrogens is 2. The van der Waals surface area contributed by atoms with Gasteiger partial charge in [0.05, 0.1) is 13.7 Å². The Balaban J connectivity index is 0.00000135. The molecule has 0 saturated heterocycles. The van der Waals surface area contributed by atoms with E-state index in [4.69, 9.17) is 22.0 Å². The van der Waals surface area contributed by atoms with Crippen molar-refractivity contribution in [2.24, 2.45) is 10.8 Å². The molecule has 0 bridgehead atoms. The van der Waals surface area contributed by atoms with E-state index >= 15 is 0 Å². The van der Waals surface area contributed by atoms with Crippen molar-refractivity contribution >= 4 is 0 Å². The number of aromatic amines is 1. The molecule has 0 radical (unpaired) electrons. The van der Waals surface area contributed by atoms with Gasteiger partial charge in [-0.3, -0.25) is 20.1 Å². The fourth-order valence-corrected chi connectivity index (χ4v) is 1.42. The lowest BCUT2D eigenvalue weighted by molar-refractivity contribution is -0.216. The summed E-state index contributed by atoms with van der Waals surface area (Å²) in [4.78, 5) is 24.5. The molecule has 10 nitrogen and oxygen atoms in total. The molecule has 0 spiro atoms. The first-order valence-electron chi connectivity index (χ1n) is 6.08. The van der Waals surface area contributed by atoms with Gasteiger partial charge >= 0.3 is 5.69 Å². The molecule has 10 heteroatoms. The summed E-state index contributed by atoms with van der Waals surface area (Å²) in [6.07, 6.45) is 3.70. The Morgan fingerprint density at radius 1 is 1.68 bits per heavy atom. The zero-order chi connectivity index (χ0) is 17.3. The summed E-state index contributed by atoms with van der Waals surface area (Å²) in [7, 11) is 1.53. The van der Waals surface area contributed by atoms with Crippen molar-refractivity contribution in [3.05, 3.63) is 33.1 Å². The van der Waals surface area contributed by atoms with E-state index in [0.717, 1.165) is 10.6 Å². The SMILES string of the molecule is C#C[C@H](O)[C@@](N)(CO)O[C@H](C)n1ccc(=O)[nH]c1=O.CN=[NH2+]. The molecule has 1 heterocycles. The highest BCUT2D eigenvalue weighted by atomic mass is 16.6. The second-order valence-electron chi connectivity index (χ2n) is 4.18. The highest BCUT2D eigenvalue weighted by Gasteiger charge is 2.35. The molecule has 0 aliphatic heterocycles. The van der Waals surface area contributed by atoms with Crippen LogP contribution < -0.4 is 22.5 Å². The maximum absolute atomic E-state index is 11.5. The van der Waals surface area contributed by atoms with Crippen molar-refractivity contribution in [1.29, 1.82) is 0 Å². The van der Waals surface area contributed by atoms with E-state index in [1.807, 2.05) is 10.9 Å². The molecule has 0 unspecified atom stereocenters. The van der Waals surface area contributed by atoms with Gasteiger partial charge in [-0.05, 0) is 6.92 Å². The zero-order valence-corrected chi connectivity index (χ0v) is 12.3. The minimum Gasteiger partial charge on any atom is -0.392 e. The molecule has 0 aromatic carbocycles. The van der Waals surface area contributed by atoms with Gasteiger partial charge in [0, 0.05) is 12.3 Å². The summed E-state index contributed by atoms with van der Waals surface area (Å²) >= 11 is 0. The first kappa shape index (κ1) is 19.7. The fourth-order valence-electron chi connectivity index (χ4n) is 1.42. The van der Waals surface area contributed by atoms with Crippen LogP contribution in [-0.2, 0) is 4.74 Å². The maximum atomic E-state index is 11.5. The van der Waals surface area contributed by atoms with Crippen molar-refractivity contribution < 1.29 is 20.5 Å². The van der Waals surface area contributed by atoms with Crippen LogP contribution in [0.3, 0.4) is 0 Å². The van der Waals surface area contributed by atoms with Gasteiger partial charge < -0.3 is 14.9 Å². The average molecular weight is 314 g/mol. The molecule has 22 heavy (non-hydrogen) atoms. The zero-order valence-electron chi connectivity index (χ0n) is 12.3. The summed E-state index contributed by atoms with van der Waals surface area (Å²) in [5, 5.41) is 21.6. The lowest BCUT2D eigenvalue weighted by Gasteiger charge is -2.32. The molecular formula is C12H20N5O5+. The number of ether oxygens (including phenoxy) is 1. The molecule has 0 amide bonds. The van der Waals surface area contributed by atoms with Crippen LogP contribution in [0.5, 0.6) is 0 Å². The molecule has 0 saturated carbocycles. The number of hydrogen-bond acceptors (Lipinski definition) is 7. The van der Waals surface area contributed by atoms with Crippen LogP contribution in [0.15, 0.2) is 27.0 Å². The molecule has 0 aliphatic rings. The van der Waals surface area contributed by atoms with E-state index in [0.29, 0.717) is 0 Å². The molecule has 0 aliphatic carbocycles. The molecule has 0 fully saturated rings. The number of aliphatic hydroxyl groups is 2. The van der Waals surface area contributed by atoms with E-state index in [1.54, 1.807) is 0 Å². The summed E-state index contributed by atoms with van der Waals surface area (Å²) in [5.74, 6) is 1.94. The Kier molecular flexibility index (Phi) is 7.92. The summed E-state index contributed by atoms with van der Waals surface area (Å²) in [6, 6.07) is 1.12.